The highest BCUT2D eigenvalue weighted by molar-refractivity contribution is 6.13. The predicted molar refractivity (Wildman–Crippen MR) is 254 cm³/mol. The van der Waals surface area contributed by atoms with Crippen molar-refractivity contribution in [1.82, 2.24) is 49.0 Å². The monoisotopic (exact) mass is 835 g/mol. The molecule has 0 N–H and O–H groups in total. The Morgan fingerprint density at radius 3 is 1.08 bits per heavy atom. The lowest BCUT2D eigenvalue weighted by Crippen LogP contribution is -2.06. The van der Waals surface area contributed by atoms with Crippen molar-refractivity contribution < 1.29 is 0 Å². The van der Waals surface area contributed by atoms with Crippen LogP contribution in [0, 0.1) is 18.3 Å². The smallest absolute Gasteiger partial charge is 0.159 e. The van der Waals surface area contributed by atoms with E-state index in [1.165, 1.54) is 0 Å². The summed E-state index contributed by atoms with van der Waals surface area (Å²) < 4.78 is 4.68. The summed E-state index contributed by atoms with van der Waals surface area (Å²) in [6.45, 7) is 2.13. The average Bonchev–Trinajstić information content (AvgIpc) is 3.88. The van der Waals surface area contributed by atoms with Crippen LogP contribution in [0.1, 0.15) is 11.1 Å². The van der Waals surface area contributed by atoms with Crippen LogP contribution in [0.3, 0.4) is 0 Å². The Labute approximate surface area is 371 Å². The number of rotatable bonds is 7. The quantitative estimate of drug-likeness (QED) is 0.154. The zero-order chi connectivity index (χ0) is 43.4. The molecule has 0 aliphatic heterocycles. The summed E-state index contributed by atoms with van der Waals surface area (Å²) in [5, 5.41) is 14.3. The Kier molecular flexibility index (Phi) is 8.81. The molecule has 0 amide bonds. The second-order valence-corrected chi connectivity index (χ2v) is 15.7. The summed E-state index contributed by atoms with van der Waals surface area (Å²) >= 11 is 0. The van der Waals surface area contributed by atoms with Crippen molar-refractivity contribution >= 4 is 43.6 Å². The van der Waals surface area contributed by atoms with Crippen LogP contribution in [0.15, 0.2) is 183 Å². The molecule has 11 nitrogen and oxygen atoms in total. The fourth-order valence-electron chi connectivity index (χ4n) is 9.01. The van der Waals surface area contributed by atoms with Gasteiger partial charge in [-0.05, 0) is 96.4 Å². The van der Waals surface area contributed by atoms with E-state index in [4.69, 9.17) is 0 Å². The molecule has 0 fully saturated rings. The molecule has 65 heavy (non-hydrogen) atoms. The topological polar surface area (TPSA) is 137 Å². The maximum absolute atomic E-state index is 10.0. The van der Waals surface area contributed by atoms with Gasteiger partial charge in [-0.3, -0.25) is 0 Å². The van der Waals surface area contributed by atoms with E-state index >= 15 is 0 Å². The number of benzene rings is 6. The van der Waals surface area contributed by atoms with Crippen molar-refractivity contribution in [2.75, 3.05) is 0 Å². The first-order chi connectivity index (χ1) is 32.1. The molecule has 0 unspecified atom stereocenters. The summed E-state index contributed by atoms with van der Waals surface area (Å²) in [5.41, 5.74) is 12.7. The molecule has 0 bridgehead atoms. The number of nitrogens with zero attached hydrogens (tertiary/aromatic N) is 11. The number of fused-ring (bicyclic) bond motifs is 6. The molecule has 0 aliphatic carbocycles. The van der Waals surface area contributed by atoms with Crippen LogP contribution in [-0.4, -0.2) is 49.0 Å². The summed E-state index contributed by atoms with van der Waals surface area (Å²) in [6, 6.07) is 47.6. The molecule has 0 saturated heterocycles. The Morgan fingerprint density at radius 1 is 0.369 bits per heavy atom. The molecule has 0 aliphatic rings. The van der Waals surface area contributed by atoms with Gasteiger partial charge in [0.2, 0.25) is 0 Å². The number of nitriles is 1. The third kappa shape index (κ3) is 6.36. The standard InChI is InChI=1S/C54H33N11/c1-33-25-49(64-45-27-36(51-56-17-3-18-57-51)9-13-40(45)41-14-10-37(28-46(41)64)52-58-19-4-20-59-52)50(31-44(33)35-8-2-7-34(26-35)32-55)65-47-29-38(53-60-21-5-22-61-53)11-15-42(47)43-16-12-39(30-48(43)65)54-62-23-6-24-63-54/h2-31H,1H3. The first-order valence-electron chi connectivity index (χ1n) is 21.0. The molecule has 6 aromatic carbocycles. The molecule has 0 saturated carbocycles. The SMILES string of the molecule is Cc1cc(-n2c3cc(-c4ncccn4)ccc3c3ccc(-c4ncccn4)cc32)c(-n2c3cc(-c4ncccn4)ccc3c3ccc(-c4ncccn4)cc32)cc1-c1cccc(C#N)c1. The summed E-state index contributed by atoms with van der Waals surface area (Å²) in [5.74, 6) is 2.50. The summed E-state index contributed by atoms with van der Waals surface area (Å²) in [7, 11) is 0. The Hall–Kier alpha value is -9.27. The van der Waals surface area contributed by atoms with E-state index in [1.807, 2.05) is 42.5 Å². The molecule has 11 heteroatoms. The van der Waals surface area contributed by atoms with Gasteiger partial charge in [0, 0.05) is 93.4 Å². The van der Waals surface area contributed by atoms with Crippen molar-refractivity contribution in [3.05, 3.63) is 194 Å². The van der Waals surface area contributed by atoms with Crippen molar-refractivity contribution in [1.29, 1.82) is 5.26 Å². The molecule has 12 aromatic rings. The minimum atomic E-state index is 0.582. The minimum absolute atomic E-state index is 0.582. The minimum Gasteiger partial charge on any atom is -0.307 e. The van der Waals surface area contributed by atoms with Gasteiger partial charge >= 0.3 is 0 Å². The molecular formula is C54H33N11. The van der Waals surface area contributed by atoms with Crippen LogP contribution < -0.4 is 0 Å². The molecule has 6 heterocycles. The van der Waals surface area contributed by atoms with Crippen LogP contribution in [0.2, 0.25) is 0 Å². The fourth-order valence-corrected chi connectivity index (χ4v) is 9.01. The lowest BCUT2D eigenvalue weighted by molar-refractivity contribution is 1.09. The van der Waals surface area contributed by atoms with Gasteiger partial charge < -0.3 is 9.13 Å². The first kappa shape index (κ1) is 37.5. The highest BCUT2D eigenvalue weighted by Gasteiger charge is 2.24. The Morgan fingerprint density at radius 2 is 0.723 bits per heavy atom. The van der Waals surface area contributed by atoms with Crippen molar-refractivity contribution in [3.63, 3.8) is 0 Å². The van der Waals surface area contributed by atoms with Crippen LogP contribution in [-0.2, 0) is 0 Å². The zero-order valence-electron chi connectivity index (χ0n) is 34.7. The highest BCUT2D eigenvalue weighted by Crippen LogP contribution is 2.43. The van der Waals surface area contributed by atoms with E-state index in [0.717, 1.165) is 93.9 Å². The molecule has 0 radical (unpaired) electrons. The van der Waals surface area contributed by atoms with Crippen molar-refractivity contribution in [2.24, 2.45) is 0 Å². The van der Waals surface area contributed by atoms with Gasteiger partial charge in [0.15, 0.2) is 23.3 Å². The lowest BCUT2D eigenvalue weighted by atomic mass is 9.97. The van der Waals surface area contributed by atoms with Gasteiger partial charge in [0.25, 0.3) is 0 Å². The van der Waals surface area contributed by atoms with Gasteiger partial charge in [-0.2, -0.15) is 5.26 Å². The highest BCUT2D eigenvalue weighted by atomic mass is 15.1. The molecule has 12 rings (SSSR count). The molecule has 0 atom stereocenters. The fraction of sp³-hybridized carbons (Fsp3) is 0.0185. The summed E-state index contributed by atoms with van der Waals surface area (Å²) in [6.07, 6.45) is 14.1. The van der Waals surface area contributed by atoms with E-state index < -0.39 is 0 Å². The lowest BCUT2D eigenvalue weighted by Gasteiger charge is -2.21. The van der Waals surface area contributed by atoms with Gasteiger partial charge in [0.1, 0.15) is 0 Å². The zero-order valence-corrected chi connectivity index (χ0v) is 34.7. The molecule has 0 spiro atoms. The third-order valence-electron chi connectivity index (χ3n) is 11.9. The third-order valence-corrected chi connectivity index (χ3v) is 11.9. The Balaban J connectivity index is 1.25. The number of hydrogen-bond acceptors (Lipinski definition) is 9. The van der Waals surface area contributed by atoms with Gasteiger partial charge in [-0.15, -0.1) is 0 Å². The molecule has 6 aromatic heterocycles. The van der Waals surface area contributed by atoms with Gasteiger partial charge in [0.05, 0.1) is 45.1 Å². The van der Waals surface area contributed by atoms with Crippen LogP contribution in [0.5, 0.6) is 0 Å². The normalized spacial score (nSPS) is 11.4. The van der Waals surface area contributed by atoms with E-state index in [0.29, 0.717) is 28.9 Å². The number of hydrogen-bond donors (Lipinski definition) is 0. The average molecular weight is 836 g/mol. The number of aryl methyl sites for hydroxylation is 1. The van der Waals surface area contributed by atoms with Crippen LogP contribution in [0.25, 0.3) is 112 Å². The maximum Gasteiger partial charge on any atom is 0.159 e. The van der Waals surface area contributed by atoms with E-state index in [2.05, 4.69) is 153 Å². The van der Waals surface area contributed by atoms with E-state index in [9.17, 15) is 5.26 Å². The Bertz CT molecular complexity index is 3650. The van der Waals surface area contributed by atoms with Crippen molar-refractivity contribution in [2.45, 2.75) is 6.92 Å². The second kappa shape index (κ2) is 15.3. The second-order valence-electron chi connectivity index (χ2n) is 15.7. The van der Waals surface area contributed by atoms with Gasteiger partial charge in [-0.1, -0.05) is 60.7 Å². The van der Waals surface area contributed by atoms with Gasteiger partial charge in [-0.25, -0.2) is 39.9 Å². The maximum atomic E-state index is 10.0. The molecular weight excluding hydrogens is 803 g/mol. The molecule has 304 valence electrons. The van der Waals surface area contributed by atoms with Crippen LogP contribution >= 0.6 is 0 Å². The largest absolute Gasteiger partial charge is 0.307 e. The predicted octanol–water partition coefficient (Wildman–Crippen LogP) is 11.6. The van der Waals surface area contributed by atoms with Crippen LogP contribution in [0.4, 0.5) is 0 Å². The number of aromatic nitrogens is 10. The van der Waals surface area contributed by atoms with E-state index in [1.54, 1.807) is 49.6 Å². The van der Waals surface area contributed by atoms with E-state index in [-0.39, 0.29) is 0 Å². The summed E-state index contributed by atoms with van der Waals surface area (Å²) in [4.78, 5) is 37.2. The van der Waals surface area contributed by atoms with Crippen molar-refractivity contribution in [3.8, 4) is 74.1 Å². The first-order valence-corrected chi connectivity index (χ1v) is 21.0.